The Bertz CT molecular complexity index is 145. The first-order valence-electron chi connectivity index (χ1n) is 3.26. The molecule has 2 N–H and O–H groups in total. The molecule has 0 spiro atoms. The molecule has 0 aromatic rings. The molecule has 0 aliphatic carbocycles. The number of hydrogen-bond donors (Lipinski definition) is 2. The summed E-state index contributed by atoms with van der Waals surface area (Å²) in [6.07, 6.45) is -1.04. The van der Waals surface area contributed by atoms with E-state index in [1.54, 1.807) is 0 Å². The predicted molar refractivity (Wildman–Crippen MR) is 40.8 cm³/mol. The van der Waals surface area contributed by atoms with Crippen LogP contribution in [0.4, 0.5) is 4.39 Å². The van der Waals surface area contributed by atoms with Crippen LogP contribution in [0, 0.1) is 5.92 Å². The van der Waals surface area contributed by atoms with Gasteiger partial charge in [0.2, 0.25) is 0 Å². The summed E-state index contributed by atoms with van der Waals surface area (Å²) in [7, 11) is 0. The van der Waals surface area contributed by atoms with Crippen LogP contribution in [0.25, 0.3) is 0 Å². The van der Waals surface area contributed by atoms with Crippen LogP contribution in [0.2, 0.25) is 0 Å². The minimum atomic E-state index is -0.976. The van der Waals surface area contributed by atoms with Crippen molar-refractivity contribution in [1.29, 1.82) is 0 Å². The van der Waals surface area contributed by atoms with Crippen molar-refractivity contribution in [2.75, 3.05) is 13.1 Å². The van der Waals surface area contributed by atoms with Crippen molar-refractivity contribution in [2.24, 2.45) is 5.92 Å². The fourth-order valence-electron chi connectivity index (χ4n) is 1.13. The van der Waals surface area contributed by atoms with Gasteiger partial charge in [0.05, 0.1) is 6.42 Å². The van der Waals surface area contributed by atoms with Crippen LogP contribution in [0.1, 0.15) is 6.42 Å². The highest BCUT2D eigenvalue weighted by Gasteiger charge is 2.28. The van der Waals surface area contributed by atoms with Gasteiger partial charge in [0.15, 0.2) is 0 Å². The van der Waals surface area contributed by atoms with Crippen molar-refractivity contribution in [2.45, 2.75) is 12.6 Å². The normalized spacial score (nSPS) is 29.5. The predicted octanol–water partition coefficient (Wildman–Crippen LogP) is 0.440. The molecule has 1 rings (SSSR count). The first-order valence-corrected chi connectivity index (χ1v) is 3.26. The highest BCUT2D eigenvalue weighted by Crippen LogP contribution is 2.15. The first kappa shape index (κ1) is 10.7. The van der Waals surface area contributed by atoms with E-state index in [1.807, 2.05) is 0 Å². The number of halogens is 2. The third-order valence-corrected chi connectivity index (χ3v) is 1.69. The van der Waals surface area contributed by atoms with Crippen molar-refractivity contribution >= 4 is 18.4 Å². The zero-order valence-electron chi connectivity index (χ0n) is 5.92. The maximum Gasteiger partial charge on any atom is 0.303 e. The molecule has 0 saturated carbocycles. The van der Waals surface area contributed by atoms with Crippen LogP contribution in [-0.2, 0) is 4.79 Å². The lowest BCUT2D eigenvalue weighted by Gasteiger charge is -2.06. The van der Waals surface area contributed by atoms with Gasteiger partial charge in [-0.05, 0) is 0 Å². The van der Waals surface area contributed by atoms with Crippen molar-refractivity contribution in [3.8, 4) is 0 Å². The van der Waals surface area contributed by atoms with Gasteiger partial charge in [-0.2, -0.15) is 0 Å². The van der Waals surface area contributed by atoms with Gasteiger partial charge in [-0.1, -0.05) is 0 Å². The van der Waals surface area contributed by atoms with E-state index in [0.717, 1.165) is 0 Å². The van der Waals surface area contributed by atoms with Crippen molar-refractivity contribution < 1.29 is 14.3 Å². The number of nitrogens with one attached hydrogen (secondary N) is 1. The Morgan fingerprint density at radius 3 is 2.64 bits per heavy atom. The second kappa shape index (κ2) is 4.51. The maximum absolute atomic E-state index is 12.6. The quantitative estimate of drug-likeness (QED) is 0.653. The van der Waals surface area contributed by atoms with E-state index in [9.17, 15) is 9.18 Å². The van der Waals surface area contributed by atoms with Crippen molar-refractivity contribution in [1.82, 2.24) is 5.32 Å². The van der Waals surface area contributed by atoms with E-state index in [1.165, 1.54) is 0 Å². The average molecular weight is 184 g/mol. The first-order chi connectivity index (χ1) is 4.70. The summed E-state index contributed by atoms with van der Waals surface area (Å²) in [4.78, 5) is 10.1. The molecule has 1 fully saturated rings. The minimum absolute atomic E-state index is 0. The van der Waals surface area contributed by atoms with E-state index < -0.39 is 12.1 Å². The molecule has 1 saturated heterocycles. The largest absolute Gasteiger partial charge is 0.481 e. The number of carboxylic acids is 1. The monoisotopic (exact) mass is 183 g/mol. The molecule has 66 valence electrons. The molecule has 0 bridgehead atoms. The number of carbonyl (C=O) groups is 1. The lowest BCUT2D eigenvalue weighted by molar-refractivity contribution is -0.138. The SMILES string of the molecule is Cl.O=C(O)CC1CNCC1F. The summed E-state index contributed by atoms with van der Waals surface area (Å²) in [6.45, 7) is 0.797. The van der Waals surface area contributed by atoms with Crippen LogP contribution in [-0.4, -0.2) is 30.3 Å². The Morgan fingerprint density at radius 1 is 1.64 bits per heavy atom. The van der Waals surface area contributed by atoms with Crippen LogP contribution in [0.5, 0.6) is 0 Å². The van der Waals surface area contributed by atoms with Crippen LogP contribution >= 0.6 is 12.4 Å². The van der Waals surface area contributed by atoms with Crippen LogP contribution < -0.4 is 5.32 Å². The molecule has 2 unspecified atom stereocenters. The lowest BCUT2D eigenvalue weighted by atomic mass is 10.0. The average Bonchev–Trinajstić information content (AvgIpc) is 2.15. The Kier molecular flexibility index (Phi) is 4.37. The molecule has 0 aromatic heterocycles. The van der Waals surface area contributed by atoms with E-state index >= 15 is 0 Å². The Hall–Kier alpha value is -0.350. The van der Waals surface area contributed by atoms with Gasteiger partial charge in [-0.3, -0.25) is 4.79 Å². The molecule has 0 amide bonds. The van der Waals surface area contributed by atoms with Gasteiger partial charge in [0, 0.05) is 19.0 Å². The highest BCUT2D eigenvalue weighted by atomic mass is 35.5. The summed E-state index contributed by atoms with van der Waals surface area (Å²) in [6, 6.07) is 0. The molecule has 5 heteroatoms. The molecule has 0 radical (unpaired) electrons. The fourth-order valence-corrected chi connectivity index (χ4v) is 1.13. The number of carboxylic acid groups (broad SMARTS) is 1. The van der Waals surface area contributed by atoms with Crippen molar-refractivity contribution in [3.05, 3.63) is 0 Å². The standard InChI is InChI=1S/C6H10FNO2.ClH/c7-5-3-8-2-4(5)1-6(9)10;/h4-5,8H,1-3H2,(H,9,10);1H. The number of alkyl halides is 1. The van der Waals surface area contributed by atoms with Gasteiger partial charge in [0.1, 0.15) is 6.17 Å². The molecular weight excluding hydrogens is 173 g/mol. The number of aliphatic carboxylic acids is 1. The molecule has 1 heterocycles. The maximum atomic E-state index is 12.6. The summed E-state index contributed by atoms with van der Waals surface area (Å²) < 4.78 is 12.6. The molecule has 2 atom stereocenters. The van der Waals surface area contributed by atoms with Crippen LogP contribution in [0.15, 0.2) is 0 Å². The molecule has 0 aromatic carbocycles. The van der Waals surface area contributed by atoms with E-state index in [2.05, 4.69) is 5.32 Å². The number of rotatable bonds is 2. The highest BCUT2D eigenvalue weighted by molar-refractivity contribution is 5.85. The Labute approximate surface area is 70.4 Å². The Morgan fingerprint density at radius 2 is 2.27 bits per heavy atom. The number of hydrogen-bond acceptors (Lipinski definition) is 2. The third-order valence-electron chi connectivity index (χ3n) is 1.69. The van der Waals surface area contributed by atoms with Gasteiger partial charge in [-0.25, -0.2) is 4.39 Å². The second-order valence-electron chi connectivity index (χ2n) is 2.53. The van der Waals surface area contributed by atoms with Gasteiger partial charge in [0.25, 0.3) is 0 Å². The smallest absolute Gasteiger partial charge is 0.303 e. The Balaban J connectivity index is 0.000001000. The topological polar surface area (TPSA) is 49.3 Å². The molecule has 11 heavy (non-hydrogen) atoms. The van der Waals surface area contributed by atoms with E-state index in [4.69, 9.17) is 5.11 Å². The van der Waals surface area contributed by atoms with Crippen molar-refractivity contribution in [3.63, 3.8) is 0 Å². The molecular formula is C6H11ClFNO2. The third kappa shape index (κ3) is 3.03. The summed E-state index contributed by atoms with van der Waals surface area (Å²) in [5, 5.41) is 11.1. The van der Waals surface area contributed by atoms with Gasteiger partial charge >= 0.3 is 5.97 Å². The van der Waals surface area contributed by atoms with E-state index in [0.29, 0.717) is 13.1 Å². The zero-order valence-corrected chi connectivity index (χ0v) is 6.73. The summed E-state index contributed by atoms with van der Waals surface area (Å²) in [5.41, 5.74) is 0. The van der Waals surface area contributed by atoms with E-state index in [-0.39, 0.29) is 24.7 Å². The van der Waals surface area contributed by atoms with Gasteiger partial charge in [-0.15, -0.1) is 12.4 Å². The molecule has 1 aliphatic heterocycles. The second-order valence-corrected chi connectivity index (χ2v) is 2.53. The molecule has 3 nitrogen and oxygen atoms in total. The van der Waals surface area contributed by atoms with Crippen LogP contribution in [0.3, 0.4) is 0 Å². The lowest BCUT2D eigenvalue weighted by Crippen LogP contribution is -2.16. The minimum Gasteiger partial charge on any atom is -0.481 e. The molecule has 1 aliphatic rings. The summed E-state index contributed by atoms with van der Waals surface area (Å²) >= 11 is 0. The van der Waals surface area contributed by atoms with Gasteiger partial charge < -0.3 is 10.4 Å². The summed E-state index contributed by atoms with van der Waals surface area (Å²) in [5.74, 6) is -1.24. The fraction of sp³-hybridized carbons (Fsp3) is 0.833. The zero-order chi connectivity index (χ0) is 7.56.